The molecule has 0 unspecified atom stereocenters. The van der Waals surface area contributed by atoms with Crippen molar-refractivity contribution < 1.29 is 19.1 Å². The van der Waals surface area contributed by atoms with Crippen LogP contribution in [0.25, 0.3) is 0 Å². The monoisotopic (exact) mass is 381 g/mol. The van der Waals surface area contributed by atoms with E-state index in [1.807, 2.05) is 30.3 Å². The lowest BCUT2D eigenvalue weighted by atomic mass is 10.1. The fourth-order valence-corrected chi connectivity index (χ4v) is 2.34. The fraction of sp³-hybridized carbons (Fsp3) is 0.190. The first-order valence-corrected chi connectivity index (χ1v) is 8.65. The molecular weight excluding hydrogens is 358 g/mol. The first-order valence-electron chi connectivity index (χ1n) is 8.65. The van der Waals surface area contributed by atoms with E-state index in [0.29, 0.717) is 23.7 Å². The Balaban J connectivity index is 1.91. The Morgan fingerprint density at radius 3 is 2.57 bits per heavy atom. The van der Waals surface area contributed by atoms with Crippen LogP contribution in [0.2, 0.25) is 0 Å². The van der Waals surface area contributed by atoms with Gasteiger partial charge < -0.3 is 14.8 Å². The molecule has 0 bridgehead atoms. The van der Waals surface area contributed by atoms with Crippen LogP contribution in [0.5, 0.6) is 11.5 Å². The van der Waals surface area contributed by atoms with E-state index in [4.69, 9.17) is 9.47 Å². The number of methoxy groups -OCH3 is 1. The number of amides is 2. The van der Waals surface area contributed by atoms with Gasteiger partial charge in [0.1, 0.15) is 6.61 Å². The van der Waals surface area contributed by atoms with Crippen molar-refractivity contribution in [3.63, 3.8) is 0 Å². The van der Waals surface area contributed by atoms with Crippen LogP contribution in [0.4, 0.5) is 0 Å². The summed E-state index contributed by atoms with van der Waals surface area (Å²) in [7, 11) is 1.52. The standard InChI is InChI=1S/C21H23N3O4/c1-4-12-28-18-11-10-16(13-19(18)27-3)14-22-24-21(26)20(25)23-15(2)17-8-6-5-7-9-17/h4-11,13-15H,1,12H2,2-3H3,(H,23,25)(H,24,26)/b22-14-/t15-/m1/s1. The molecule has 2 N–H and O–H groups in total. The van der Waals surface area contributed by atoms with Crippen molar-refractivity contribution >= 4 is 18.0 Å². The largest absolute Gasteiger partial charge is 0.493 e. The van der Waals surface area contributed by atoms with Crippen LogP contribution < -0.4 is 20.2 Å². The number of benzene rings is 2. The molecule has 0 saturated heterocycles. The van der Waals surface area contributed by atoms with Gasteiger partial charge in [-0.2, -0.15) is 5.10 Å². The number of nitrogens with one attached hydrogen (secondary N) is 2. The van der Waals surface area contributed by atoms with Crippen LogP contribution in [-0.4, -0.2) is 31.7 Å². The quantitative estimate of drug-likeness (QED) is 0.318. The van der Waals surface area contributed by atoms with Crippen molar-refractivity contribution in [3.05, 3.63) is 72.3 Å². The maximum Gasteiger partial charge on any atom is 0.329 e. The van der Waals surface area contributed by atoms with Crippen molar-refractivity contribution in [1.82, 2.24) is 10.7 Å². The molecule has 0 aliphatic heterocycles. The molecule has 0 radical (unpaired) electrons. The molecule has 1 atom stereocenters. The molecule has 2 amide bonds. The summed E-state index contributed by atoms with van der Waals surface area (Å²) in [6, 6.07) is 14.2. The lowest BCUT2D eigenvalue weighted by molar-refractivity contribution is -0.139. The molecule has 2 aromatic rings. The van der Waals surface area contributed by atoms with Crippen molar-refractivity contribution in [1.29, 1.82) is 0 Å². The Morgan fingerprint density at radius 1 is 1.14 bits per heavy atom. The van der Waals surface area contributed by atoms with Crippen LogP contribution in [0.15, 0.2) is 66.3 Å². The predicted molar refractivity (Wildman–Crippen MR) is 107 cm³/mol. The molecule has 0 saturated carbocycles. The van der Waals surface area contributed by atoms with E-state index in [-0.39, 0.29) is 6.04 Å². The number of hydrogen-bond acceptors (Lipinski definition) is 5. The van der Waals surface area contributed by atoms with E-state index < -0.39 is 11.8 Å². The Morgan fingerprint density at radius 2 is 1.89 bits per heavy atom. The van der Waals surface area contributed by atoms with E-state index >= 15 is 0 Å². The Labute approximate surface area is 164 Å². The number of rotatable bonds is 8. The number of ether oxygens (including phenoxy) is 2. The van der Waals surface area contributed by atoms with Gasteiger partial charge in [-0.3, -0.25) is 9.59 Å². The van der Waals surface area contributed by atoms with E-state index in [9.17, 15) is 9.59 Å². The summed E-state index contributed by atoms with van der Waals surface area (Å²) in [5.41, 5.74) is 3.78. The van der Waals surface area contributed by atoms with Crippen molar-refractivity contribution in [3.8, 4) is 11.5 Å². The SMILES string of the molecule is C=CCOc1ccc(/C=N\NC(=O)C(=O)N[C@H](C)c2ccccc2)cc1OC. The minimum absolute atomic E-state index is 0.296. The average molecular weight is 381 g/mol. The zero-order valence-electron chi connectivity index (χ0n) is 15.8. The second kappa shape index (κ2) is 10.5. The first-order chi connectivity index (χ1) is 13.5. The second-order valence-corrected chi connectivity index (χ2v) is 5.81. The summed E-state index contributed by atoms with van der Waals surface area (Å²) >= 11 is 0. The number of hydrogen-bond donors (Lipinski definition) is 2. The smallest absolute Gasteiger partial charge is 0.329 e. The molecule has 7 heteroatoms. The van der Waals surface area contributed by atoms with E-state index in [2.05, 4.69) is 22.4 Å². The molecule has 0 fully saturated rings. The van der Waals surface area contributed by atoms with E-state index in [0.717, 1.165) is 5.56 Å². The zero-order valence-corrected chi connectivity index (χ0v) is 15.8. The third-order valence-electron chi connectivity index (χ3n) is 3.78. The summed E-state index contributed by atoms with van der Waals surface area (Å²) in [5.74, 6) is -0.527. The lowest BCUT2D eigenvalue weighted by Gasteiger charge is -2.13. The van der Waals surface area contributed by atoms with E-state index in [1.54, 1.807) is 31.2 Å². The summed E-state index contributed by atoms with van der Waals surface area (Å²) in [6.45, 7) is 5.75. The van der Waals surface area contributed by atoms with Gasteiger partial charge in [0.05, 0.1) is 19.4 Å². The van der Waals surface area contributed by atoms with Crippen molar-refractivity contribution in [2.24, 2.45) is 5.10 Å². The molecular formula is C21H23N3O4. The molecule has 0 aromatic heterocycles. The molecule has 2 rings (SSSR count). The third-order valence-corrected chi connectivity index (χ3v) is 3.78. The van der Waals surface area contributed by atoms with Crippen molar-refractivity contribution in [2.45, 2.75) is 13.0 Å². The normalized spacial score (nSPS) is 11.5. The highest BCUT2D eigenvalue weighted by molar-refractivity contribution is 6.35. The van der Waals surface area contributed by atoms with Gasteiger partial charge in [0.2, 0.25) is 0 Å². The van der Waals surface area contributed by atoms with Gasteiger partial charge in [0.25, 0.3) is 0 Å². The third kappa shape index (κ3) is 5.98. The van der Waals surface area contributed by atoms with Gasteiger partial charge in [0, 0.05) is 0 Å². The van der Waals surface area contributed by atoms with Gasteiger partial charge in [-0.25, -0.2) is 5.43 Å². The van der Waals surface area contributed by atoms with Crippen LogP contribution in [0.3, 0.4) is 0 Å². The predicted octanol–water partition coefficient (Wildman–Crippen LogP) is 2.59. The molecule has 28 heavy (non-hydrogen) atoms. The molecule has 146 valence electrons. The first kappa shape index (κ1) is 20.7. The highest BCUT2D eigenvalue weighted by Gasteiger charge is 2.16. The Hall–Kier alpha value is -3.61. The molecule has 7 nitrogen and oxygen atoms in total. The van der Waals surface area contributed by atoms with Crippen molar-refractivity contribution in [2.75, 3.05) is 13.7 Å². The Bertz CT molecular complexity index is 850. The molecule has 2 aromatic carbocycles. The van der Waals surface area contributed by atoms with Crippen LogP contribution in [0, 0.1) is 0 Å². The summed E-state index contributed by atoms with van der Waals surface area (Å²) < 4.78 is 10.7. The highest BCUT2D eigenvalue weighted by atomic mass is 16.5. The van der Waals surface area contributed by atoms with Crippen LogP contribution in [0.1, 0.15) is 24.1 Å². The maximum atomic E-state index is 12.0. The average Bonchev–Trinajstić information content (AvgIpc) is 2.73. The number of carbonyl (C=O) groups is 2. The summed E-state index contributed by atoms with van der Waals surface area (Å²) in [5, 5.41) is 6.43. The molecule has 0 aliphatic carbocycles. The van der Waals surface area contributed by atoms with Gasteiger partial charge >= 0.3 is 11.8 Å². The fourth-order valence-electron chi connectivity index (χ4n) is 2.34. The highest BCUT2D eigenvalue weighted by Crippen LogP contribution is 2.27. The van der Waals surface area contributed by atoms with Crippen LogP contribution in [-0.2, 0) is 9.59 Å². The number of carbonyl (C=O) groups excluding carboxylic acids is 2. The molecule has 0 heterocycles. The Kier molecular flexibility index (Phi) is 7.77. The number of nitrogens with zero attached hydrogens (tertiary/aromatic N) is 1. The van der Waals surface area contributed by atoms with Gasteiger partial charge in [-0.1, -0.05) is 43.0 Å². The van der Waals surface area contributed by atoms with E-state index in [1.165, 1.54) is 13.3 Å². The molecule has 0 spiro atoms. The molecule has 0 aliphatic rings. The summed E-state index contributed by atoms with van der Waals surface area (Å²) in [6.07, 6.45) is 3.04. The minimum Gasteiger partial charge on any atom is -0.493 e. The minimum atomic E-state index is -0.850. The van der Waals surface area contributed by atoms with Gasteiger partial charge in [0.15, 0.2) is 11.5 Å². The van der Waals surface area contributed by atoms with Crippen LogP contribution >= 0.6 is 0 Å². The van der Waals surface area contributed by atoms with Gasteiger partial charge in [-0.15, -0.1) is 0 Å². The topological polar surface area (TPSA) is 89.0 Å². The summed E-state index contributed by atoms with van der Waals surface area (Å²) in [4.78, 5) is 23.9. The van der Waals surface area contributed by atoms with Gasteiger partial charge in [-0.05, 0) is 36.2 Å². The second-order valence-electron chi connectivity index (χ2n) is 5.81. The lowest BCUT2D eigenvalue weighted by Crippen LogP contribution is -2.39. The maximum absolute atomic E-state index is 12.0. The number of hydrazone groups is 1. The zero-order chi connectivity index (χ0) is 20.4.